The lowest BCUT2D eigenvalue weighted by molar-refractivity contribution is -0.159. The fourth-order valence-corrected chi connectivity index (χ4v) is 2.03. The van der Waals surface area contributed by atoms with Gasteiger partial charge in [-0.1, -0.05) is 13.8 Å². The van der Waals surface area contributed by atoms with E-state index in [-0.39, 0.29) is 6.42 Å². The molecule has 0 rings (SSSR count). The van der Waals surface area contributed by atoms with Crippen LogP contribution in [0.25, 0.3) is 0 Å². The zero-order valence-corrected chi connectivity index (χ0v) is 11.1. The topological polar surface area (TPSA) is 149 Å². The lowest BCUT2D eigenvalue weighted by atomic mass is 9.79. The number of hydrogen-bond donors (Lipinski definition) is 4. The largest absolute Gasteiger partial charge is 0.481 e. The monoisotopic (exact) mass is 290 g/mol. The number of hydrogen-bond acceptors (Lipinski definition) is 4. The van der Waals surface area contributed by atoms with E-state index in [0.29, 0.717) is 0 Å². The van der Waals surface area contributed by atoms with Crippen molar-refractivity contribution in [2.75, 3.05) is 0 Å². The Balaban J connectivity index is 5.31. The average molecular weight is 290 g/mol. The van der Waals surface area contributed by atoms with Crippen LogP contribution in [0.4, 0.5) is 0 Å². The van der Waals surface area contributed by atoms with Gasteiger partial charge >= 0.3 is 23.9 Å². The van der Waals surface area contributed by atoms with Gasteiger partial charge in [-0.3, -0.25) is 19.2 Å². The van der Waals surface area contributed by atoms with E-state index in [2.05, 4.69) is 0 Å². The zero-order valence-electron chi connectivity index (χ0n) is 11.1. The molecule has 0 aliphatic heterocycles. The smallest absolute Gasteiger partial charge is 0.307 e. The van der Waals surface area contributed by atoms with E-state index in [4.69, 9.17) is 20.4 Å². The summed E-state index contributed by atoms with van der Waals surface area (Å²) >= 11 is 0. The third-order valence-corrected chi connectivity index (χ3v) is 3.38. The number of carbonyl (C=O) groups is 4. The predicted molar refractivity (Wildman–Crippen MR) is 65.1 cm³/mol. The van der Waals surface area contributed by atoms with Crippen molar-refractivity contribution >= 4 is 23.9 Å². The van der Waals surface area contributed by atoms with E-state index < -0.39 is 54.0 Å². The van der Waals surface area contributed by atoms with Gasteiger partial charge in [0.1, 0.15) is 0 Å². The molecule has 0 saturated carbocycles. The van der Waals surface area contributed by atoms with Crippen LogP contribution < -0.4 is 0 Å². The van der Waals surface area contributed by atoms with Gasteiger partial charge in [0.05, 0.1) is 23.7 Å². The highest BCUT2D eigenvalue weighted by Crippen LogP contribution is 2.28. The normalized spacial score (nSPS) is 16.7. The maximum Gasteiger partial charge on any atom is 0.307 e. The molecule has 0 aliphatic rings. The first-order valence-electron chi connectivity index (χ1n) is 6.04. The van der Waals surface area contributed by atoms with Crippen LogP contribution in [0.5, 0.6) is 0 Å². The Hall–Kier alpha value is -2.12. The molecule has 0 bridgehead atoms. The SMILES string of the molecule is CCC(C(=O)O)C(CC(C(=O)O)C(C)C(=O)O)C(=O)O. The van der Waals surface area contributed by atoms with Crippen molar-refractivity contribution in [3.63, 3.8) is 0 Å². The summed E-state index contributed by atoms with van der Waals surface area (Å²) in [6.07, 6.45) is -0.525. The summed E-state index contributed by atoms with van der Waals surface area (Å²) in [4.78, 5) is 44.1. The van der Waals surface area contributed by atoms with Crippen LogP contribution in [0.3, 0.4) is 0 Å². The van der Waals surface area contributed by atoms with E-state index in [1.165, 1.54) is 6.92 Å². The number of carboxylic acid groups (broad SMARTS) is 4. The average Bonchev–Trinajstić information content (AvgIpc) is 2.31. The number of carboxylic acids is 4. The zero-order chi connectivity index (χ0) is 16.0. The Labute approximate surface area is 115 Å². The van der Waals surface area contributed by atoms with Gasteiger partial charge in [-0.15, -0.1) is 0 Å². The van der Waals surface area contributed by atoms with Crippen molar-refractivity contribution in [3.05, 3.63) is 0 Å². The molecule has 0 spiro atoms. The van der Waals surface area contributed by atoms with Gasteiger partial charge in [0.2, 0.25) is 0 Å². The van der Waals surface area contributed by atoms with Crippen LogP contribution in [0, 0.1) is 23.7 Å². The second-order valence-electron chi connectivity index (χ2n) is 4.61. The molecule has 0 aliphatic carbocycles. The summed E-state index contributed by atoms with van der Waals surface area (Å²) in [6.45, 7) is 2.63. The third-order valence-electron chi connectivity index (χ3n) is 3.38. The second-order valence-corrected chi connectivity index (χ2v) is 4.61. The standard InChI is InChI=1S/C12H18O8/c1-3-6(10(15)16)8(12(19)20)4-7(11(17)18)5(2)9(13)14/h5-8H,3-4H2,1-2H3,(H,13,14)(H,15,16)(H,17,18)(H,19,20). The minimum Gasteiger partial charge on any atom is -0.481 e. The van der Waals surface area contributed by atoms with Gasteiger partial charge in [-0.2, -0.15) is 0 Å². The van der Waals surface area contributed by atoms with Crippen molar-refractivity contribution in [2.45, 2.75) is 26.7 Å². The Bertz CT molecular complexity index is 402. The molecule has 0 saturated heterocycles. The van der Waals surface area contributed by atoms with Gasteiger partial charge in [-0.05, 0) is 12.8 Å². The molecule has 114 valence electrons. The molecule has 0 radical (unpaired) electrons. The van der Waals surface area contributed by atoms with E-state index in [1.54, 1.807) is 0 Å². The molecule has 4 N–H and O–H groups in total. The van der Waals surface area contributed by atoms with Crippen molar-refractivity contribution in [1.82, 2.24) is 0 Å². The highest BCUT2D eigenvalue weighted by atomic mass is 16.4. The third kappa shape index (κ3) is 4.52. The Morgan fingerprint density at radius 1 is 0.750 bits per heavy atom. The summed E-state index contributed by atoms with van der Waals surface area (Å²) in [6, 6.07) is 0. The highest BCUT2D eigenvalue weighted by molar-refractivity contribution is 5.83. The molecule has 0 aromatic heterocycles. The molecule has 0 fully saturated rings. The van der Waals surface area contributed by atoms with Crippen LogP contribution in [0.1, 0.15) is 26.7 Å². The minimum absolute atomic E-state index is 0.0140. The molecular formula is C12H18O8. The maximum absolute atomic E-state index is 11.2. The first-order valence-corrected chi connectivity index (χ1v) is 6.04. The van der Waals surface area contributed by atoms with Crippen LogP contribution in [-0.2, 0) is 19.2 Å². The van der Waals surface area contributed by atoms with Gasteiger partial charge in [0, 0.05) is 0 Å². The molecule has 0 aromatic rings. The highest BCUT2D eigenvalue weighted by Gasteiger charge is 2.39. The first kappa shape index (κ1) is 17.9. The Morgan fingerprint density at radius 2 is 1.15 bits per heavy atom. The maximum atomic E-state index is 11.2. The van der Waals surface area contributed by atoms with Crippen molar-refractivity contribution in [1.29, 1.82) is 0 Å². The van der Waals surface area contributed by atoms with Crippen LogP contribution in [0.2, 0.25) is 0 Å². The summed E-state index contributed by atoms with van der Waals surface area (Å²) in [5.41, 5.74) is 0. The number of rotatable bonds is 9. The van der Waals surface area contributed by atoms with Crippen LogP contribution in [0.15, 0.2) is 0 Å². The summed E-state index contributed by atoms with van der Waals surface area (Å²) in [5, 5.41) is 35.9. The summed E-state index contributed by atoms with van der Waals surface area (Å²) < 4.78 is 0. The molecule has 4 atom stereocenters. The first-order chi connectivity index (χ1) is 9.13. The van der Waals surface area contributed by atoms with Gasteiger partial charge < -0.3 is 20.4 Å². The molecule has 20 heavy (non-hydrogen) atoms. The van der Waals surface area contributed by atoms with E-state index in [0.717, 1.165) is 6.92 Å². The van der Waals surface area contributed by atoms with Crippen LogP contribution in [-0.4, -0.2) is 44.3 Å². The molecule has 0 heterocycles. The fourth-order valence-electron chi connectivity index (χ4n) is 2.03. The van der Waals surface area contributed by atoms with Gasteiger partial charge in [0.15, 0.2) is 0 Å². The fraction of sp³-hybridized carbons (Fsp3) is 0.667. The van der Waals surface area contributed by atoms with Crippen molar-refractivity contribution in [2.24, 2.45) is 23.7 Å². The molecule has 0 aromatic carbocycles. The second kappa shape index (κ2) is 7.46. The molecular weight excluding hydrogens is 272 g/mol. The predicted octanol–water partition coefficient (Wildman–Crippen LogP) is 0.610. The van der Waals surface area contributed by atoms with Gasteiger partial charge in [-0.25, -0.2) is 0 Å². The lowest BCUT2D eigenvalue weighted by Crippen LogP contribution is -2.36. The Morgan fingerprint density at radius 3 is 1.40 bits per heavy atom. The molecule has 8 nitrogen and oxygen atoms in total. The Kier molecular flexibility index (Phi) is 6.67. The van der Waals surface area contributed by atoms with Crippen molar-refractivity contribution in [3.8, 4) is 0 Å². The number of aliphatic carboxylic acids is 4. The molecule has 0 amide bonds. The van der Waals surface area contributed by atoms with Crippen LogP contribution >= 0.6 is 0 Å². The lowest BCUT2D eigenvalue weighted by Gasteiger charge is -2.24. The van der Waals surface area contributed by atoms with E-state index in [9.17, 15) is 19.2 Å². The van der Waals surface area contributed by atoms with E-state index >= 15 is 0 Å². The van der Waals surface area contributed by atoms with Crippen molar-refractivity contribution < 1.29 is 39.6 Å². The minimum atomic E-state index is -1.46. The summed E-state index contributed by atoms with van der Waals surface area (Å²) in [5.74, 6) is -11.1. The quantitative estimate of drug-likeness (QED) is 0.482. The van der Waals surface area contributed by atoms with Gasteiger partial charge in [0.25, 0.3) is 0 Å². The molecule has 8 heteroatoms. The summed E-state index contributed by atoms with van der Waals surface area (Å²) in [7, 11) is 0. The molecule has 4 unspecified atom stereocenters. The van der Waals surface area contributed by atoms with E-state index in [1.807, 2.05) is 0 Å².